The first-order chi connectivity index (χ1) is 7.00. The summed E-state index contributed by atoms with van der Waals surface area (Å²) in [5, 5.41) is 0.149. The van der Waals surface area contributed by atoms with Gasteiger partial charge in [0.1, 0.15) is 4.90 Å². The number of benzene rings is 1. The molecule has 1 heterocycles. The average molecular weight is 227 g/mol. The zero-order valence-electron chi connectivity index (χ0n) is 7.40. The van der Waals surface area contributed by atoms with Gasteiger partial charge >= 0.3 is 10.2 Å². The molecule has 2 aromatic rings. The molecule has 1 aromatic carbocycles. The van der Waals surface area contributed by atoms with Crippen molar-refractivity contribution in [3.05, 3.63) is 40.7 Å². The summed E-state index contributed by atoms with van der Waals surface area (Å²) >= 11 is 0. The highest BCUT2D eigenvalue weighted by Crippen LogP contribution is 2.19. The van der Waals surface area contributed by atoms with Crippen LogP contribution in [0.15, 0.2) is 40.2 Å². The lowest BCUT2D eigenvalue weighted by molar-refractivity contribution is 0.553. The van der Waals surface area contributed by atoms with Crippen molar-refractivity contribution in [1.29, 1.82) is 0 Å². The van der Waals surface area contributed by atoms with Gasteiger partial charge in [-0.25, -0.2) is 0 Å². The number of rotatable bonds is 1. The number of hydrogen-bond acceptors (Lipinski definition) is 3. The summed E-state index contributed by atoms with van der Waals surface area (Å²) in [7, 11) is -4.82. The molecule has 0 saturated carbocycles. The molecule has 0 unspecified atom stereocenters. The van der Waals surface area contributed by atoms with E-state index >= 15 is 0 Å². The van der Waals surface area contributed by atoms with Crippen molar-refractivity contribution in [2.45, 2.75) is 4.90 Å². The quantitative estimate of drug-likeness (QED) is 0.744. The molecule has 1 aromatic heterocycles. The van der Waals surface area contributed by atoms with Gasteiger partial charge in [-0.3, -0.25) is 4.79 Å². The Labute approximate surface area is 84.6 Å². The Morgan fingerprint density at radius 2 is 1.93 bits per heavy atom. The molecular weight excluding hydrogens is 221 g/mol. The maximum Gasteiger partial charge on any atom is 0.334 e. The number of hydrogen-bond donors (Lipinski definition) is 1. The SMILES string of the molecule is O=c1cc[nH]c2c(S(=O)(=O)F)cccc12. The average Bonchev–Trinajstić information content (AvgIpc) is 2.16. The van der Waals surface area contributed by atoms with Gasteiger partial charge in [0, 0.05) is 17.6 Å². The number of fused-ring (bicyclic) bond motifs is 1. The molecule has 1 N–H and O–H groups in total. The Bertz CT molecular complexity index is 675. The van der Waals surface area contributed by atoms with Crippen LogP contribution in [0.25, 0.3) is 10.9 Å². The zero-order valence-corrected chi connectivity index (χ0v) is 8.21. The number of aromatic nitrogens is 1. The maximum absolute atomic E-state index is 12.8. The van der Waals surface area contributed by atoms with Crippen LogP contribution in [0.5, 0.6) is 0 Å². The second kappa shape index (κ2) is 3.16. The monoisotopic (exact) mass is 227 g/mol. The molecule has 0 spiro atoms. The fraction of sp³-hybridized carbons (Fsp3) is 0. The lowest BCUT2D eigenvalue weighted by atomic mass is 10.2. The smallest absolute Gasteiger partial charge is 0.334 e. The molecule has 0 fully saturated rings. The standard InChI is InChI=1S/C9H6FNO3S/c10-15(13,14)8-3-1-2-6-7(12)4-5-11-9(6)8/h1-5H,(H,11,12). The Morgan fingerprint density at radius 3 is 2.60 bits per heavy atom. The molecule has 0 amide bonds. The molecule has 0 atom stereocenters. The van der Waals surface area contributed by atoms with Gasteiger partial charge < -0.3 is 4.98 Å². The van der Waals surface area contributed by atoms with Gasteiger partial charge in [0.25, 0.3) is 0 Å². The largest absolute Gasteiger partial charge is 0.360 e. The summed E-state index contributed by atoms with van der Waals surface area (Å²) in [5.41, 5.74) is -0.359. The molecule has 0 saturated heterocycles. The van der Waals surface area contributed by atoms with Crippen molar-refractivity contribution in [3.8, 4) is 0 Å². The fourth-order valence-corrected chi connectivity index (χ4v) is 2.03. The maximum atomic E-state index is 12.8. The van der Waals surface area contributed by atoms with Crippen molar-refractivity contribution < 1.29 is 12.3 Å². The van der Waals surface area contributed by atoms with E-state index in [0.29, 0.717) is 0 Å². The second-order valence-corrected chi connectivity index (χ2v) is 4.27. The molecule has 4 nitrogen and oxygen atoms in total. The number of pyridine rings is 1. The third kappa shape index (κ3) is 1.63. The van der Waals surface area contributed by atoms with Crippen LogP contribution in [0.3, 0.4) is 0 Å². The summed E-state index contributed by atoms with van der Waals surface area (Å²) in [6.45, 7) is 0. The number of nitrogens with one attached hydrogen (secondary N) is 1. The number of H-pyrrole nitrogens is 1. The number of halogens is 1. The second-order valence-electron chi connectivity index (χ2n) is 2.96. The van der Waals surface area contributed by atoms with Crippen molar-refractivity contribution >= 4 is 21.1 Å². The Balaban J connectivity index is 3.02. The van der Waals surface area contributed by atoms with E-state index in [2.05, 4.69) is 4.98 Å². The van der Waals surface area contributed by atoms with Crippen LogP contribution in [0.4, 0.5) is 3.89 Å². The minimum atomic E-state index is -4.82. The van der Waals surface area contributed by atoms with Crippen LogP contribution >= 0.6 is 0 Å². The van der Waals surface area contributed by atoms with Crippen LogP contribution < -0.4 is 5.43 Å². The van der Waals surface area contributed by atoms with Crippen LogP contribution in [0.1, 0.15) is 0 Å². The van der Waals surface area contributed by atoms with Gasteiger partial charge in [-0.2, -0.15) is 8.42 Å². The van der Waals surface area contributed by atoms with E-state index in [1.165, 1.54) is 24.4 Å². The van der Waals surface area contributed by atoms with E-state index in [-0.39, 0.29) is 16.3 Å². The minimum Gasteiger partial charge on any atom is -0.360 e. The van der Waals surface area contributed by atoms with Gasteiger partial charge in [-0.1, -0.05) is 6.07 Å². The zero-order chi connectivity index (χ0) is 11.1. The lowest BCUT2D eigenvalue weighted by Crippen LogP contribution is -2.03. The summed E-state index contributed by atoms with van der Waals surface area (Å²) in [5.74, 6) is 0. The topological polar surface area (TPSA) is 67.0 Å². The molecule has 15 heavy (non-hydrogen) atoms. The molecule has 0 aliphatic carbocycles. The fourth-order valence-electron chi connectivity index (χ4n) is 1.38. The van der Waals surface area contributed by atoms with E-state index < -0.39 is 15.1 Å². The third-order valence-corrected chi connectivity index (χ3v) is 2.88. The minimum absolute atomic E-state index is 0.00694. The predicted octanol–water partition coefficient (Wildman–Crippen LogP) is 1.19. The van der Waals surface area contributed by atoms with Gasteiger partial charge in [0.05, 0.1) is 5.52 Å². The molecule has 6 heteroatoms. The van der Waals surface area contributed by atoms with E-state index in [0.717, 1.165) is 6.07 Å². The van der Waals surface area contributed by atoms with E-state index in [9.17, 15) is 17.1 Å². The molecule has 0 bridgehead atoms. The van der Waals surface area contributed by atoms with Gasteiger partial charge in [-0.05, 0) is 12.1 Å². The van der Waals surface area contributed by atoms with Crippen LogP contribution in [-0.4, -0.2) is 13.4 Å². The normalized spacial score (nSPS) is 11.8. The van der Waals surface area contributed by atoms with Crippen LogP contribution in [0, 0.1) is 0 Å². The summed E-state index contributed by atoms with van der Waals surface area (Å²) in [6.07, 6.45) is 1.28. The molecule has 2 rings (SSSR count). The van der Waals surface area contributed by atoms with Crippen molar-refractivity contribution in [2.24, 2.45) is 0 Å². The van der Waals surface area contributed by atoms with E-state index in [4.69, 9.17) is 0 Å². The summed E-state index contributed by atoms with van der Waals surface area (Å²) in [6, 6.07) is 5.11. The molecule has 0 aliphatic heterocycles. The number of para-hydroxylation sites is 1. The van der Waals surface area contributed by atoms with Crippen molar-refractivity contribution in [3.63, 3.8) is 0 Å². The predicted molar refractivity (Wildman–Crippen MR) is 52.9 cm³/mol. The highest BCUT2D eigenvalue weighted by molar-refractivity contribution is 7.86. The van der Waals surface area contributed by atoms with E-state index in [1.807, 2.05) is 0 Å². The Kier molecular flexibility index (Phi) is 2.08. The van der Waals surface area contributed by atoms with Crippen molar-refractivity contribution in [2.75, 3.05) is 0 Å². The van der Waals surface area contributed by atoms with Gasteiger partial charge in [-0.15, -0.1) is 3.89 Å². The molecule has 0 aliphatic rings. The number of aromatic amines is 1. The van der Waals surface area contributed by atoms with Gasteiger partial charge in [0.15, 0.2) is 5.43 Å². The van der Waals surface area contributed by atoms with Crippen LogP contribution in [0.2, 0.25) is 0 Å². The molecule has 0 radical (unpaired) electrons. The summed E-state index contributed by atoms with van der Waals surface area (Å²) in [4.78, 5) is 13.4. The van der Waals surface area contributed by atoms with E-state index in [1.54, 1.807) is 0 Å². The first-order valence-electron chi connectivity index (χ1n) is 4.05. The third-order valence-electron chi connectivity index (χ3n) is 2.02. The van der Waals surface area contributed by atoms with Gasteiger partial charge in [0.2, 0.25) is 0 Å². The highest BCUT2D eigenvalue weighted by atomic mass is 32.3. The first kappa shape index (κ1) is 9.85. The first-order valence-corrected chi connectivity index (χ1v) is 5.43. The lowest BCUT2D eigenvalue weighted by Gasteiger charge is -2.00. The Hall–Kier alpha value is -1.69. The molecular formula is C9H6FNO3S. The Morgan fingerprint density at radius 1 is 1.20 bits per heavy atom. The summed E-state index contributed by atoms with van der Waals surface area (Å²) < 4.78 is 34.4. The van der Waals surface area contributed by atoms with Crippen LogP contribution in [-0.2, 0) is 10.2 Å². The molecule has 78 valence electrons. The van der Waals surface area contributed by atoms with Crippen molar-refractivity contribution in [1.82, 2.24) is 4.98 Å². The highest BCUT2D eigenvalue weighted by Gasteiger charge is 2.16.